The Hall–Kier alpha value is -1.33. The lowest BCUT2D eigenvalue weighted by atomic mass is 10.3. The van der Waals surface area contributed by atoms with Crippen molar-refractivity contribution in [2.45, 2.75) is 13.8 Å². The van der Waals surface area contributed by atoms with Gasteiger partial charge in [0, 0.05) is 11.7 Å². The molecule has 0 saturated carbocycles. The number of fused-ring (bicyclic) bond motifs is 1. The summed E-state index contributed by atoms with van der Waals surface area (Å²) in [5.41, 5.74) is 1.21. The minimum atomic E-state index is -3.72. The maximum absolute atomic E-state index is 10.00. The van der Waals surface area contributed by atoms with Crippen molar-refractivity contribution in [1.29, 1.82) is 0 Å². The highest BCUT2D eigenvalue weighted by atomic mass is 32.2. The zero-order valence-electron chi connectivity index (χ0n) is 9.92. The first-order valence-corrected chi connectivity index (χ1v) is 6.96. The second-order valence-electron chi connectivity index (χ2n) is 4.21. The van der Waals surface area contributed by atoms with Crippen LogP contribution in [0.2, 0.25) is 0 Å². The lowest BCUT2D eigenvalue weighted by Crippen LogP contribution is -2.09. The summed E-state index contributed by atoms with van der Waals surface area (Å²) < 4.78 is 28.2. The van der Waals surface area contributed by atoms with Crippen LogP contribution >= 0.6 is 0 Å². The van der Waals surface area contributed by atoms with Gasteiger partial charge in [-0.25, -0.2) is 0 Å². The molecule has 2 aromatic rings. The van der Waals surface area contributed by atoms with E-state index in [2.05, 4.69) is 23.2 Å². The summed E-state index contributed by atoms with van der Waals surface area (Å²) in [6, 6.07) is 10.3. The second-order valence-corrected chi connectivity index (χ2v) is 5.70. The first kappa shape index (κ1) is 13.7. The van der Waals surface area contributed by atoms with Crippen molar-refractivity contribution in [3.8, 4) is 0 Å². The van der Waals surface area contributed by atoms with E-state index in [9.17, 15) is 8.42 Å². The number of aromatic amines is 1. The van der Waals surface area contributed by atoms with Crippen LogP contribution in [0.5, 0.6) is 0 Å². The topological polar surface area (TPSA) is 70.2 Å². The van der Waals surface area contributed by atoms with Crippen LogP contribution < -0.4 is 0 Å². The molecule has 17 heavy (non-hydrogen) atoms. The third-order valence-electron chi connectivity index (χ3n) is 2.01. The highest BCUT2D eigenvalue weighted by Crippen LogP contribution is 2.09. The van der Waals surface area contributed by atoms with Crippen molar-refractivity contribution in [1.82, 2.24) is 4.98 Å². The Balaban J connectivity index is 0.000000172. The van der Waals surface area contributed by atoms with E-state index in [0.29, 0.717) is 0 Å². The molecule has 0 aliphatic carbocycles. The molecule has 0 bridgehead atoms. The number of para-hydroxylation sites is 1. The lowest BCUT2D eigenvalue weighted by molar-refractivity contribution is 0.473. The molecule has 1 aromatic carbocycles. The summed E-state index contributed by atoms with van der Waals surface area (Å²) in [6.45, 7) is 3.46. The SMILES string of the molecule is CC(C)CS(=O)(=O)O.c1ccc2[nH]ccc2c1. The van der Waals surface area contributed by atoms with E-state index >= 15 is 0 Å². The molecule has 1 aromatic heterocycles. The number of hydrogen-bond acceptors (Lipinski definition) is 2. The third-order valence-corrected chi connectivity index (χ3v) is 3.09. The molecule has 0 atom stereocenters. The van der Waals surface area contributed by atoms with Crippen molar-refractivity contribution < 1.29 is 13.0 Å². The molecule has 0 aliphatic rings. The molecule has 94 valence electrons. The van der Waals surface area contributed by atoms with E-state index < -0.39 is 10.1 Å². The molecule has 5 heteroatoms. The van der Waals surface area contributed by atoms with Gasteiger partial charge in [-0.05, 0) is 23.4 Å². The van der Waals surface area contributed by atoms with E-state index in [4.69, 9.17) is 4.55 Å². The van der Waals surface area contributed by atoms with E-state index in [1.807, 2.05) is 18.3 Å². The Morgan fingerprint density at radius 3 is 2.35 bits per heavy atom. The fourth-order valence-corrected chi connectivity index (χ4v) is 2.26. The monoisotopic (exact) mass is 255 g/mol. The van der Waals surface area contributed by atoms with Crippen LogP contribution in [0.3, 0.4) is 0 Å². The number of hydrogen-bond donors (Lipinski definition) is 2. The summed E-state index contributed by atoms with van der Waals surface area (Å²) in [4.78, 5) is 3.12. The van der Waals surface area contributed by atoms with Crippen molar-refractivity contribution in [3.63, 3.8) is 0 Å². The largest absolute Gasteiger partial charge is 0.361 e. The number of benzene rings is 1. The molecule has 0 fully saturated rings. The summed E-state index contributed by atoms with van der Waals surface area (Å²) in [5.74, 6) is -0.141. The van der Waals surface area contributed by atoms with Crippen LogP contribution in [0.25, 0.3) is 10.9 Å². The molecule has 0 aliphatic heterocycles. The predicted octanol–water partition coefficient (Wildman–Crippen LogP) is 2.70. The van der Waals surface area contributed by atoms with Gasteiger partial charge in [0.15, 0.2) is 0 Å². The number of rotatable bonds is 2. The Kier molecular flexibility index (Phi) is 4.72. The molecule has 1 heterocycles. The molecule has 2 rings (SSSR count). The normalized spacial score (nSPS) is 11.3. The lowest BCUT2D eigenvalue weighted by Gasteiger charge is -1.97. The van der Waals surface area contributed by atoms with Crippen LogP contribution in [-0.2, 0) is 10.1 Å². The van der Waals surface area contributed by atoms with Crippen molar-refractivity contribution >= 4 is 21.0 Å². The molecule has 2 N–H and O–H groups in total. The minimum Gasteiger partial charge on any atom is -0.361 e. The van der Waals surface area contributed by atoms with Crippen LogP contribution in [0.4, 0.5) is 0 Å². The van der Waals surface area contributed by atoms with Gasteiger partial charge in [-0.15, -0.1) is 0 Å². The van der Waals surface area contributed by atoms with Crippen molar-refractivity contribution in [3.05, 3.63) is 36.5 Å². The predicted molar refractivity (Wildman–Crippen MR) is 69.6 cm³/mol. The first-order valence-electron chi connectivity index (χ1n) is 5.36. The average Bonchev–Trinajstić information content (AvgIpc) is 2.61. The maximum Gasteiger partial charge on any atom is 0.265 e. The van der Waals surface area contributed by atoms with E-state index in [1.54, 1.807) is 13.8 Å². The van der Waals surface area contributed by atoms with E-state index in [-0.39, 0.29) is 11.7 Å². The standard InChI is InChI=1S/C8H7N.C4H10O3S/c1-2-4-8-7(3-1)5-6-9-8;1-4(2)3-8(5,6)7/h1-6,9H;4H,3H2,1-2H3,(H,5,6,7). The molecule has 0 amide bonds. The molecule has 0 unspecified atom stereocenters. The highest BCUT2D eigenvalue weighted by Gasteiger charge is 2.06. The van der Waals surface area contributed by atoms with E-state index in [0.717, 1.165) is 0 Å². The zero-order chi connectivity index (χ0) is 12.9. The molecular weight excluding hydrogens is 238 g/mol. The van der Waals surface area contributed by atoms with Gasteiger partial charge in [0.25, 0.3) is 10.1 Å². The van der Waals surface area contributed by atoms with Crippen LogP contribution in [0.15, 0.2) is 36.5 Å². The van der Waals surface area contributed by atoms with E-state index in [1.165, 1.54) is 10.9 Å². The smallest absolute Gasteiger partial charge is 0.265 e. The summed E-state index contributed by atoms with van der Waals surface area (Å²) in [7, 11) is -3.72. The number of H-pyrrole nitrogens is 1. The van der Waals surface area contributed by atoms with Crippen molar-refractivity contribution in [2.24, 2.45) is 5.92 Å². The van der Waals surface area contributed by atoms with Crippen LogP contribution in [-0.4, -0.2) is 23.7 Å². The van der Waals surface area contributed by atoms with Crippen molar-refractivity contribution in [2.75, 3.05) is 5.75 Å². The Morgan fingerprint density at radius 1 is 1.24 bits per heavy atom. The molecule has 0 spiro atoms. The summed E-state index contributed by atoms with van der Waals surface area (Å²) in [6.07, 6.45) is 1.95. The Labute approximate surface area is 101 Å². The van der Waals surface area contributed by atoms with Gasteiger partial charge in [-0.3, -0.25) is 4.55 Å². The second kappa shape index (κ2) is 5.84. The van der Waals surface area contributed by atoms with Gasteiger partial charge < -0.3 is 4.98 Å². The summed E-state index contributed by atoms with van der Waals surface area (Å²) in [5, 5.41) is 1.28. The first-order chi connectivity index (χ1) is 7.88. The quantitative estimate of drug-likeness (QED) is 0.810. The van der Waals surface area contributed by atoms with Gasteiger partial charge in [0.05, 0.1) is 5.75 Å². The van der Waals surface area contributed by atoms with Gasteiger partial charge >= 0.3 is 0 Å². The molecule has 0 radical (unpaired) electrons. The fourth-order valence-electron chi connectivity index (χ4n) is 1.42. The summed E-state index contributed by atoms with van der Waals surface area (Å²) >= 11 is 0. The Bertz CT molecular complexity index is 528. The van der Waals surface area contributed by atoms with Crippen LogP contribution in [0, 0.1) is 5.92 Å². The molecule has 0 saturated heterocycles. The number of nitrogens with one attached hydrogen (secondary N) is 1. The molecule has 4 nitrogen and oxygen atoms in total. The van der Waals surface area contributed by atoms with Gasteiger partial charge in [-0.2, -0.15) is 8.42 Å². The fraction of sp³-hybridized carbons (Fsp3) is 0.333. The van der Waals surface area contributed by atoms with Gasteiger partial charge in [0.2, 0.25) is 0 Å². The average molecular weight is 255 g/mol. The zero-order valence-corrected chi connectivity index (χ0v) is 10.7. The van der Waals surface area contributed by atoms with Gasteiger partial charge in [0.1, 0.15) is 0 Å². The highest BCUT2D eigenvalue weighted by molar-refractivity contribution is 7.85. The number of aromatic nitrogens is 1. The minimum absolute atomic E-state index is 0.00463. The maximum atomic E-state index is 10.00. The Morgan fingerprint density at radius 2 is 1.88 bits per heavy atom. The van der Waals surface area contributed by atoms with Gasteiger partial charge in [-0.1, -0.05) is 32.0 Å². The third kappa shape index (κ3) is 5.51. The van der Waals surface area contributed by atoms with Crippen LogP contribution in [0.1, 0.15) is 13.8 Å². The molecular formula is C12H17NO3S.